The quantitative estimate of drug-likeness (QED) is 0.868. The zero-order valence-corrected chi connectivity index (χ0v) is 13.0. The lowest BCUT2D eigenvalue weighted by Crippen LogP contribution is -2.31. The van der Waals surface area contributed by atoms with Crippen LogP contribution in [-0.2, 0) is 0 Å². The summed E-state index contributed by atoms with van der Waals surface area (Å²) in [5, 5.41) is 7.22. The van der Waals surface area contributed by atoms with Crippen molar-refractivity contribution in [3.8, 4) is 0 Å². The molecule has 1 nitrogen and oxygen atoms in total. The summed E-state index contributed by atoms with van der Waals surface area (Å²) in [6.07, 6.45) is 4.10. The van der Waals surface area contributed by atoms with Crippen LogP contribution >= 0.6 is 11.8 Å². The second-order valence-electron chi connectivity index (χ2n) is 5.51. The summed E-state index contributed by atoms with van der Waals surface area (Å²) >= 11 is 2.15. The Balaban J connectivity index is 2.00. The molecule has 0 saturated carbocycles. The first kappa shape index (κ1) is 14.0. The minimum Gasteiger partial charge on any atom is -0.309 e. The van der Waals surface area contributed by atoms with Crippen LogP contribution in [-0.4, -0.2) is 17.5 Å². The lowest BCUT2D eigenvalue weighted by atomic mass is 9.94. The van der Waals surface area contributed by atoms with Crippen molar-refractivity contribution in [1.29, 1.82) is 0 Å². The standard InChI is InChI=1S/C18H23NS/c1-2-19-18(17-12-5-6-13-20-17)16-11-7-9-14-8-3-4-10-15(14)16/h3-4,7-11,17-19H,2,5-6,12-13H2,1H3. The Bertz CT molecular complexity index is 555. The maximum Gasteiger partial charge on any atom is 0.0446 e. The molecule has 2 heteroatoms. The molecule has 1 aliphatic rings. The second kappa shape index (κ2) is 6.64. The van der Waals surface area contributed by atoms with Crippen LogP contribution < -0.4 is 5.32 Å². The summed E-state index contributed by atoms with van der Waals surface area (Å²) < 4.78 is 0. The molecule has 20 heavy (non-hydrogen) atoms. The Hall–Kier alpha value is -0.990. The highest BCUT2D eigenvalue weighted by Gasteiger charge is 2.25. The van der Waals surface area contributed by atoms with Crippen molar-refractivity contribution in [2.75, 3.05) is 12.3 Å². The van der Waals surface area contributed by atoms with Gasteiger partial charge in [0.1, 0.15) is 0 Å². The number of nitrogens with one attached hydrogen (secondary N) is 1. The largest absolute Gasteiger partial charge is 0.309 e. The van der Waals surface area contributed by atoms with Crippen LogP contribution in [0, 0.1) is 0 Å². The zero-order chi connectivity index (χ0) is 13.8. The van der Waals surface area contributed by atoms with Gasteiger partial charge in [-0.15, -0.1) is 0 Å². The van der Waals surface area contributed by atoms with Crippen LogP contribution in [0.25, 0.3) is 10.8 Å². The number of rotatable bonds is 4. The molecule has 2 atom stereocenters. The van der Waals surface area contributed by atoms with Gasteiger partial charge in [-0.1, -0.05) is 55.8 Å². The lowest BCUT2D eigenvalue weighted by Gasteiger charge is -2.31. The predicted molar refractivity (Wildman–Crippen MR) is 90.5 cm³/mol. The van der Waals surface area contributed by atoms with Gasteiger partial charge in [0.25, 0.3) is 0 Å². The highest BCUT2D eigenvalue weighted by atomic mass is 32.2. The number of hydrogen-bond acceptors (Lipinski definition) is 2. The molecule has 0 radical (unpaired) electrons. The number of thioether (sulfide) groups is 1. The van der Waals surface area contributed by atoms with Crippen molar-refractivity contribution < 1.29 is 0 Å². The molecule has 0 spiro atoms. The van der Waals surface area contributed by atoms with Gasteiger partial charge in [-0.05, 0) is 41.5 Å². The molecule has 3 rings (SSSR count). The normalized spacial score (nSPS) is 20.9. The average molecular weight is 285 g/mol. The summed E-state index contributed by atoms with van der Waals surface area (Å²) in [5.41, 5.74) is 1.48. The van der Waals surface area contributed by atoms with Crippen LogP contribution in [0.1, 0.15) is 37.8 Å². The number of benzene rings is 2. The Kier molecular flexibility index (Phi) is 4.64. The molecule has 0 amide bonds. The Morgan fingerprint density at radius 1 is 1.15 bits per heavy atom. The zero-order valence-electron chi connectivity index (χ0n) is 12.1. The fourth-order valence-electron chi connectivity index (χ4n) is 3.21. The maximum atomic E-state index is 3.74. The fraction of sp³-hybridized carbons (Fsp3) is 0.444. The first-order valence-electron chi connectivity index (χ1n) is 7.73. The highest BCUT2D eigenvalue weighted by molar-refractivity contribution is 8.00. The summed E-state index contributed by atoms with van der Waals surface area (Å²) in [7, 11) is 0. The van der Waals surface area contributed by atoms with Crippen molar-refractivity contribution in [3.05, 3.63) is 48.0 Å². The average Bonchev–Trinajstić information content (AvgIpc) is 2.53. The Morgan fingerprint density at radius 2 is 2.00 bits per heavy atom. The van der Waals surface area contributed by atoms with Gasteiger partial charge >= 0.3 is 0 Å². The second-order valence-corrected chi connectivity index (χ2v) is 6.86. The first-order chi connectivity index (χ1) is 9.90. The van der Waals surface area contributed by atoms with Gasteiger partial charge in [0, 0.05) is 11.3 Å². The van der Waals surface area contributed by atoms with Gasteiger partial charge in [-0.3, -0.25) is 0 Å². The number of hydrogen-bond donors (Lipinski definition) is 1. The molecule has 106 valence electrons. The van der Waals surface area contributed by atoms with Crippen LogP contribution in [0.5, 0.6) is 0 Å². The molecule has 1 aliphatic heterocycles. The van der Waals surface area contributed by atoms with Crippen LogP contribution in [0.3, 0.4) is 0 Å². The van der Waals surface area contributed by atoms with Crippen molar-refractivity contribution in [1.82, 2.24) is 5.32 Å². The third-order valence-corrected chi connectivity index (χ3v) is 5.63. The molecular formula is C18H23NS. The molecule has 1 N–H and O–H groups in total. The summed E-state index contributed by atoms with van der Waals surface area (Å²) in [5.74, 6) is 1.32. The topological polar surface area (TPSA) is 12.0 Å². The smallest absolute Gasteiger partial charge is 0.0446 e. The molecule has 2 unspecified atom stereocenters. The van der Waals surface area contributed by atoms with E-state index in [4.69, 9.17) is 0 Å². The van der Waals surface area contributed by atoms with Crippen LogP contribution in [0.4, 0.5) is 0 Å². The predicted octanol–water partition coefficient (Wildman–Crippen LogP) is 4.78. The van der Waals surface area contributed by atoms with E-state index in [-0.39, 0.29) is 0 Å². The van der Waals surface area contributed by atoms with Gasteiger partial charge in [-0.2, -0.15) is 11.8 Å². The van der Waals surface area contributed by atoms with Gasteiger partial charge < -0.3 is 5.32 Å². The lowest BCUT2D eigenvalue weighted by molar-refractivity contribution is 0.494. The van der Waals surface area contributed by atoms with Gasteiger partial charge in [0.05, 0.1) is 0 Å². The Morgan fingerprint density at radius 3 is 2.80 bits per heavy atom. The highest BCUT2D eigenvalue weighted by Crippen LogP contribution is 2.37. The van der Waals surface area contributed by atoms with E-state index in [1.54, 1.807) is 0 Å². The van der Waals surface area contributed by atoms with E-state index in [2.05, 4.69) is 66.5 Å². The Labute approximate surface area is 126 Å². The summed E-state index contributed by atoms with van der Waals surface area (Å²) in [6, 6.07) is 16.0. The van der Waals surface area contributed by atoms with Crippen LogP contribution in [0.2, 0.25) is 0 Å². The van der Waals surface area contributed by atoms with Crippen LogP contribution in [0.15, 0.2) is 42.5 Å². The molecule has 1 fully saturated rings. The first-order valence-corrected chi connectivity index (χ1v) is 8.77. The van der Waals surface area contributed by atoms with E-state index < -0.39 is 0 Å². The van der Waals surface area contributed by atoms with Gasteiger partial charge in [-0.25, -0.2) is 0 Å². The molecule has 1 saturated heterocycles. The van der Waals surface area contributed by atoms with E-state index in [1.165, 1.54) is 41.4 Å². The fourth-order valence-corrected chi connectivity index (χ4v) is 4.65. The van der Waals surface area contributed by atoms with E-state index in [9.17, 15) is 0 Å². The molecule has 0 bridgehead atoms. The summed E-state index contributed by atoms with van der Waals surface area (Å²) in [6.45, 7) is 3.25. The van der Waals surface area contributed by atoms with Gasteiger partial charge in [0.2, 0.25) is 0 Å². The minimum absolute atomic E-state index is 0.483. The maximum absolute atomic E-state index is 3.74. The molecular weight excluding hydrogens is 262 g/mol. The molecule has 0 aliphatic carbocycles. The van der Waals surface area contributed by atoms with E-state index in [0.29, 0.717) is 6.04 Å². The third-order valence-electron chi connectivity index (χ3n) is 4.17. The minimum atomic E-state index is 0.483. The molecule has 0 aromatic heterocycles. The monoisotopic (exact) mass is 285 g/mol. The van der Waals surface area contributed by atoms with E-state index in [1.807, 2.05) is 0 Å². The molecule has 1 heterocycles. The number of fused-ring (bicyclic) bond motifs is 1. The SMILES string of the molecule is CCNC(c1cccc2ccccc12)C1CCCCS1. The van der Waals surface area contributed by atoms with Crippen molar-refractivity contribution >= 4 is 22.5 Å². The third kappa shape index (κ3) is 2.87. The van der Waals surface area contributed by atoms with E-state index in [0.717, 1.165) is 11.8 Å². The van der Waals surface area contributed by atoms with Crippen molar-refractivity contribution in [2.24, 2.45) is 0 Å². The van der Waals surface area contributed by atoms with E-state index >= 15 is 0 Å². The van der Waals surface area contributed by atoms with Crippen molar-refractivity contribution in [2.45, 2.75) is 37.5 Å². The van der Waals surface area contributed by atoms with Crippen molar-refractivity contribution in [3.63, 3.8) is 0 Å². The molecule has 2 aromatic carbocycles. The molecule has 2 aromatic rings. The summed E-state index contributed by atoms with van der Waals surface area (Å²) in [4.78, 5) is 0. The van der Waals surface area contributed by atoms with Gasteiger partial charge in [0.15, 0.2) is 0 Å².